The number of likely N-dealkylation sites (tertiary alicyclic amines) is 1. The van der Waals surface area contributed by atoms with Crippen LogP contribution in [0.5, 0.6) is 17.2 Å². The molecule has 6 nitrogen and oxygen atoms in total. The van der Waals surface area contributed by atoms with Crippen molar-refractivity contribution in [2.24, 2.45) is 5.92 Å². The van der Waals surface area contributed by atoms with Crippen LogP contribution >= 0.6 is 0 Å². The molecule has 0 saturated carbocycles. The number of phenolic OH excluding ortho intramolecular Hbond substituents is 1. The summed E-state index contributed by atoms with van der Waals surface area (Å²) < 4.78 is 10.7. The molecule has 0 bridgehead atoms. The van der Waals surface area contributed by atoms with Gasteiger partial charge in [0.05, 0.1) is 14.2 Å². The number of hydrogen-bond donors (Lipinski definition) is 1. The number of rotatable bonds is 6. The molecule has 2 aromatic carbocycles. The number of benzene rings is 2. The average Bonchev–Trinajstić information content (AvgIpc) is 3.44. The van der Waals surface area contributed by atoms with Gasteiger partial charge in [-0.15, -0.1) is 0 Å². The fourth-order valence-electron chi connectivity index (χ4n) is 6.01. The van der Waals surface area contributed by atoms with Gasteiger partial charge in [-0.25, -0.2) is 0 Å². The molecule has 0 unspecified atom stereocenters. The summed E-state index contributed by atoms with van der Waals surface area (Å²) in [5.41, 5.74) is 1.68. The van der Waals surface area contributed by atoms with Crippen LogP contribution in [-0.4, -0.2) is 59.7 Å². The smallest absolute Gasteiger partial charge is 0.243 e. The number of phenols is 1. The molecular weight excluding hydrogens is 404 g/mol. The van der Waals surface area contributed by atoms with Crippen molar-refractivity contribution in [3.8, 4) is 17.2 Å². The van der Waals surface area contributed by atoms with Gasteiger partial charge >= 0.3 is 0 Å². The van der Waals surface area contributed by atoms with E-state index in [1.165, 1.54) is 0 Å². The minimum atomic E-state index is -0.357. The number of ether oxygens (including phenoxy) is 2. The summed E-state index contributed by atoms with van der Waals surface area (Å²) in [4.78, 5) is 18.2. The van der Waals surface area contributed by atoms with Gasteiger partial charge in [0.15, 0.2) is 11.5 Å². The van der Waals surface area contributed by atoms with Gasteiger partial charge in [-0.3, -0.25) is 9.69 Å². The highest BCUT2D eigenvalue weighted by Gasteiger charge is 2.64. The lowest BCUT2D eigenvalue weighted by atomic mass is 9.85. The summed E-state index contributed by atoms with van der Waals surface area (Å²) >= 11 is 0. The molecule has 3 atom stereocenters. The molecule has 1 N–H and O–H groups in total. The second kappa shape index (κ2) is 8.17. The fourth-order valence-corrected chi connectivity index (χ4v) is 6.01. The van der Waals surface area contributed by atoms with Crippen LogP contribution in [0.4, 0.5) is 0 Å². The van der Waals surface area contributed by atoms with Gasteiger partial charge in [0.2, 0.25) is 5.91 Å². The third-order valence-corrected chi connectivity index (χ3v) is 7.44. The van der Waals surface area contributed by atoms with Gasteiger partial charge in [-0.2, -0.15) is 0 Å². The molecular formula is C26H30N2O4. The minimum Gasteiger partial charge on any atom is -0.504 e. The Kier molecular flexibility index (Phi) is 5.33. The van der Waals surface area contributed by atoms with Gasteiger partial charge in [0.1, 0.15) is 11.3 Å². The molecule has 2 aromatic rings. The van der Waals surface area contributed by atoms with E-state index in [-0.39, 0.29) is 23.2 Å². The number of para-hydroxylation sites is 1. The maximum absolute atomic E-state index is 13.7. The summed E-state index contributed by atoms with van der Waals surface area (Å²) in [6.45, 7) is 2.35. The van der Waals surface area contributed by atoms with Crippen LogP contribution in [0.15, 0.2) is 48.5 Å². The van der Waals surface area contributed by atoms with E-state index in [0.717, 1.165) is 49.2 Å². The van der Waals surface area contributed by atoms with Crippen LogP contribution in [0.2, 0.25) is 0 Å². The first kappa shape index (κ1) is 20.9. The SMILES string of the molecule is COc1cc(/C=C/[C@@H]2C[C@H]3CN(Cc4ccccc4OC)C(=O)[C@]34CCCN24)ccc1O. The summed E-state index contributed by atoms with van der Waals surface area (Å²) in [6.07, 6.45) is 7.28. The quantitative estimate of drug-likeness (QED) is 0.751. The maximum Gasteiger partial charge on any atom is 0.243 e. The molecule has 3 aliphatic heterocycles. The Morgan fingerprint density at radius 2 is 1.97 bits per heavy atom. The Morgan fingerprint density at radius 3 is 2.78 bits per heavy atom. The number of carbonyl (C=O) groups is 1. The molecule has 1 amide bonds. The van der Waals surface area contributed by atoms with E-state index >= 15 is 0 Å². The summed E-state index contributed by atoms with van der Waals surface area (Å²) in [7, 11) is 3.23. The lowest BCUT2D eigenvalue weighted by Gasteiger charge is -2.32. The molecule has 168 valence electrons. The van der Waals surface area contributed by atoms with Gasteiger partial charge in [0, 0.05) is 30.6 Å². The van der Waals surface area contributed by atoms with Gasteiger partial charge < -0.3 is 19.5 Å². The number of nitrogens with zero attached hydrogens (tertiary/aromatic N) is 2. The fraction of sp³-hybridized carbons (Fsp3) is 0.423. The van der Waals surface area contributed by atoms with Crippen molar-refractivity contribution < 1.29 is 19.4 Å². The molecule has 32 heavy (non-hydrogen) atoms. The van der Waals surface area contributed by atoms with Crippen LogP contribution in [-0.2, 0) is 11.3 Å². The molecule has 0 aliphatic carbocycles. The number of aromatic hydroxyl groups is 1. The van der Waals surface area contributed by atoms with Crippen LogP contribution in [0, 0.1) is 5.92 Å². The van der Waals surface area contributed by atoms with Gasteiger partial charge in [0.25, 0.3) is 0 Å². The highest BCUT2D eigenvalue weighted by Crippen LogP contribution is 2.52. The zero-order chi connectivity index (χ0) is 22.3. The van der Waals surface area contributed by atoms with E-state index in [0.29, 0.717) is 18.2 Å². The van der Waals surface area contributed by atoms with Crippen molar-refractivity contribution in [3.05, 3.63) is 59.7 Å². The van der Waals surface area contributed by atoms with Gasteiger partial charge in [-0.05, 0) is 49.6 Å². The van der Waals surface area contributed by atoms with E-state index < -0.39 is 0 Å². The Bertz CT molecular complexity index is 1050. The number of carbonyl (C=O) groups excluding carboxylic acids is 1. The third-order valence-electron chi connectivity index (χ3n) is 7.44. The second-order valence-corrected chi connectivity index (χ2v) is 9.01. The van der Waals surface area contributed by atoms with Crippen LogP contribution in [0.25, 0.3) is 6.08 Å². The third kappa shape index (κ3) is 3.25. The zero-order valence-corrected chi connectivity index (χ0v) is 18.7. The summed E-state index contributed by atoms with van der Waals surface area (Å²) in [6, 6.07) is 13.6. The van der Waals surface area contributed by atoms with E-state index in [1.807, 2.05) is 41.3 Å². The first-order valence-electron chi connectivity index (χ1n) is 11.3. The Morgan fingerprint density at radius 1 is 1.16 bits per heavy atom. The topological polar surface area (TPSA) is 62.2 Å². The number of hydrogen-bond acceptors (Lipinski definition) is 5. The summed E-state index contributed by atoms with van der Waals surface area (Å²) in [5.74, 6) is 2.06. The molecule has 3 aliphatic rings. The first-order chi connectivity index (χ1) is 15.6. The molecule has 0 aromatic heterocycles. The predicted molar refractivity (Wildman–Crippen MR) is 123 cm³/mol. The molecule has 6 heteroatoms. The lowest BCUT2D eigenvalue weighted by Crippen LogP contribution is -2.50. The molecule has 3 saturated heterocycles. The molecule has 0 radical (unpaired) electrons. The van der Waals surface area contributed by atoms with E-state index in [1.54, 1.807) is 20.3 Å². The largest absolute Gasteiger partial charge is 0.504 e. The van der Waals surface area contributed by atoms with Crippen molar-refractivity contribution in [2.45, 2.75) is 37.4 Å². The van der Waals surface area contributed by atoms with Crippen molar-refractivity contribution in [1.82, 2.24) is 9.80 Å². The zero-order valence-electron chi connectivity index (χ0n) is 18.7. The number of amides is 1. The van der Waals surface area contributed by atoms with Crippen LogP contribution in [0.1, 0.15) is 30.4 Å². The van der Waals surface area contributed by atoms with Crippen molar-refractivity contribution in [1.29, 1.82) is 0 Å². The first-order valence-corrected chi connectivity index (χ1v) is 11.3. The highest BCUT2D eigenvalue weighted by atomic mass is 16.5. The monoisotopic (exact) mass is 434 g/mol. The second-order valence-electron chi connectivity index (χ2n) is 9.01. The minimum absolute atomic E-state index is 0.138. The Hall–Kier alpha value is -2.99. The Labute approximate surface area is 189 Å². The maximum atomic E-state index is 13.7. The van der Waals surface area contributed by atoms with E-state index in [4.69, 9.17) is 9.47 Å². The predicted octanol–water partition coefficient (Wildman–Crippen LogP) is 3.69. The lowest BCUT2D eigenvalue weighted by molar-refractivity contribution is -0.137. The van der Waals surface area contributed by atoms with E-state index in [9.17, 15) is 9.90 Å². The van der Waals surface area contributed by atoms with Gasteiger partial charge in [-0.1, -0.05) is 36.4 Å². The highest BCUT2D eigenvalue weighted by molar-refractivity contribution is 5.90. The molecule has 5 rings (SSSR count). The molecule has 3 heterocycles. The van der Waals surface area contributed by atoms with Crippen molar-refractivity contribution >= 4 is 12.0 Å². The average molecular weight is 435 g/mol. The molecule has 1 spiro atoms. The summed E-state index contributed by atoms with van der Waals surface area (Å²) in [5, 5.41) is 9.83. The van der Waals surface area contributed by atoms with E-state index in [2.05, 4.69) is 17.1 Å². The molecule has 3 fully saturated rings. The van der Waals surface area contributed by atoms with Crippen LogP contribution in [0.3, 0.4) is 0 Å². The standard InChI is InChI=1S/C26H30N2O4/c1-31-23-7-4-3-6-19(23)16-27-17-20-15-21(28-13-5-12-26(20,28)25(27)30)10-8-18-9-11-22(29)24(14-18)32-2/h3-4,6-11,14,20-21,29H,5,12-13,15-17H2,1-2H3/b10-8+/t20-,21+,26-/m0/s1. The number of methoxy groups -OCH3 is 2. The normalized spacial score (nSPS) is 27.2. The van der Waals surface area contributed by atoms with Crippen molar-refractivity contribution in [3.63, 3.8) is 0 Å². The van der Waals surface area contributed by atoms with Crippen molar-refractivity contribution in [2.75, 3.05) is 27.3 Å². The van der Waals surface area contributed by atoms with Crippen LogP contribution < -0.4 is 9.47 Å². The Balaban J connectivity index is 1.35.